The van der Waals surface area contributed by atoms with Crippen LogP contribution in [0.2, 0.25) is 5.02 Å². The van der Waals surface area contributed by atoms with Crippen LogP contribution in [-0.2, 0) is 0 Å². The van der Waals surface area contributed by atoms with Crippen LogP contribution in [0.4, 0.5) is 11.8 Å². The first-order chi connectivity index (χ1) is 8.70. The number of hydrogen-bond acceptors (Lipinski definition) is 4. The molecule has 0 bridgehead atoms. The van der Waals surface area contributed by atoms with E-state index >= 15 is 0 Å². The average molecular weight is 261 g/mol. The summed E-state index contributed by atoms with van der Waals surface area (Å²) < 4.78 is 0. The minimum atomic E-state index is 0.461. The summed E-state index contributed by atoms with van der Waals surface area (Å²) >= 11 is 5.98. The van der Waals surface area contributed by atoms with Gasteiger partial charge in [0.1, 0.15) is 5.82 Å². The predicted molar refractivity (Wildman–Crippen MR) is 73.5 cm³/mol. The third kappa shape index (κ3) is 2.54. The van der Waals surface area contributed by atoms with E-state index in [1.165, 1.54) is 12.8 Å². The lowest BCUT2D eigenvalue weighted by atomic mass is 10.1. The molecule has 5 heteroatoms. The topological polar surface area (TPSA) is 63.8 Å². The maximum absolute atomic E-state index is 5.98. The Balaban J connectivity index is 1.97. The summed E-state index contributed by atoms with van der Waals surface area (Å²) in [4.78, 5) is 8.65. The number of halogens is 1. The summed E-state index contributed by atoms with van der Waals surface area (Å²) in [5, 5.41) is 3.93. The molecular weight excluding hydrogens is 248 g/mol. The van der Waals surface area contributed by atoms with E-state index in [1.54, 1.807) is 6.07 Å². The molecule has 92 valence electrons. The molecule has 4 nitrogen and oxygen atoms in total. The molecule has 1 aliphatic carbocycles. The quantitative estimate of drug-likeness (QED) is 0.891. The number of nitrogen functional groups attached to an aromatic ring is 1. The van der Waals surface area contributed by atoms with Crippen molar-refractivity contribution in [3.05, 3.63) is 35.4 Å². The highest BCUT2D eigenvalue weighted by molar-refractivity contribution is 6.30. The van der Waals surface area contributed by atoms with Crippen molar-refractivity contribution in [2.45, 2.75) is 18.9 Å². The van der Waals surface area contributed by atoms with Crippen molar-refractivity contribution in [3.8, 4) is 11.3 Å². The summed E-state index contributed by atoms with van der Waals surface area (Å²) in [6, 6.07) is 9.80. The zero-order valence-electron chi connectivity index (χ0n) is 9.73. The van der Waals surface area contributed by atoms with Crippen molar-refractivity contribution in [3.63, 3.8) is 0 Å². The number of hydrogen-bond donors (Lipinski definition) is 2. The molecule has 0 amide bonds. The maximum Gasteiger partial charge on any atom is 0.225 e. The van der Waals surface area contributed by atoms with Crippen molar-refractivity contribution in [2.24, 2.45) is 0 Å². The van der Waals surface area contributed by atoms with Gasteiger partial charge < -0.3 is 11.1 Å². The molecule has 1 fully saturated rings. The number of nitrogens with zero attached hydrogens (tertiary/aromatic N) is 2. The first kappa shape index (κ1) is 11.3. The van der Waals surface area contributed by atoms with Gasteiger partial charge in [-0.05, 0) is 25.0 Å². The molecule has 2 aromatic rings. The summed E-state index contributed by atoms with van der Waals surface area (Å²) in [7, 11) is 0. The first-order valence-corrected chi connectivity index (χ1v) is 6.25. The Kier molecular flexibility index (Phi) is 2.80. The monoisotopic (exact) mass is 260 g/mol. The van der Waals surface area contributed by atoms with Crippen molar-refractivity contribution < 1.29 is 0 Å². The lowest BCUT2D eigenvalue weighted by Gasteiger charge is -2.07. The Morgan fingerprint density at radius 2 is 2.06 bits per heavy atom. The molecule has 0 saturated heterocycles. The molecule has 3 N–H and O–H groups in total. The number of anilines is 2. The van der Waals surface area contributed by atoms with Crippen LogP contribution in [0.3, 0.4) is 0 Å². The van der Waals surface area contributed by atoms with Gasteiger partial charge in [-0.3, -0.25) is 0 Å². The minimum Gasteiger partial charge on any atom is -0.384 e. The van der Waals surface area contributed by atoms with Gasteiger partial charge in [-0.1, -0.05) is 23.7 Å². The first-order valence-electron chi connectivity index (χ1n) is 5.88. The molecule has 0 atom stereocenters. The van der Waals surface area contributed by atoms with E-state index in [-0.39, 0.29) is 0 Å². The zero-order chi connectivity index (χ0) is 12.5. The molecule has 0 unspecified atom stereocenters. The van der Waals surface area contributed by atoms with Crippen molar-refractivity contribution in [1.29, 1.82) is 0 Å². The third-order valence-electron chi connectivity index (χ3n) is 2.78. The van der Waals surface area contributed by atoms with Gasteiger partial charge in [-0.25, -0.2) is 4.98 Å². The molecule has 1 heterocycles. The smallest absolute Gasteiger partial charge is 0.225 e. The van der Waals surface area contributed by atoms with Crippen LogP contribution in [0, 0.1) is 0 Å². The highest BCUT2D eigenvalue weighted by Crippen LogP contribution is 2.26. The largest absolute Gasteiger partial charge is 0.384 e. The molecule has 18 heavy (non-hydrogen) atoms. The van der Waals surface area contributed by atoms with Crippen LogP contribution in [0.25, 0.3) is 11.3 Å². The summed E-state index contributed by atoms with van der Waals surface area (Å²) in [5.41, 5.74) is 7.53. The molecular formula is C13H13ClN4. The molecule has 1 aliphatic rings. The van der Waals surface area contributed by atoms with Gasteiger partial charge in [0.2, 0.25) is 5.95 Å². The summed E-state index contributed by atoms with van der Waals surface area (Å²) in [6.07, 6.45) is 2.34. The normalized spacial score (nSPS) is 14.5. The second-order valence-corrected chi connectivity index (χ2v) is 4.87. The van der Waals surface area contributed by atoms with E-state index < -0.39 is 0 Å². The van der Waals surface area contributed by atoms with Gasteiger partial charge >= 0.3 is 0 Å². The van der Waals surface area contributed by atoms with Crippen LogP contribution in [0.5, 0.6) is 0 Å². The lowest BCUT2D eigenvalue weighted by molar-refractivity contribution is 1.06. The Morgan fingerprint density at radius 3 is 2.78 bits per heavy atom. The number of aromatic nitrogens is 2. The zero-order valence-corrected chi connectivity index (χ0v) is 10.5. The number of nitrogens with two attached hydrogens (primary N) is 1. The Hall–Kier alpha value is -1.81. The molecule has 0 aliphatic heterocycles. The fourth-order valence-electron chi connectivity index (χ4n) is 1.74. The molecule has 3 rings (SSSR count). The second kappa shape index (κ2) is 4.46. The van der Waals surface area contributed by atoms with Gasteiger partial charge in [0.15, 0.2) is 0 Å². The predicted octanol–water partition coefficient (Wildman–Crippen LogP) is 2.95. The summed E-state index contributed by atoms with van der Waals surface area (Å²) in [6.45, 7) is 0. The van der Waals surface area contributed by atoms with Crippen molar-refractivity contribution in [1.82, 2.24) is 9.97 Å². The second-order valence-electron chi connectivity index (χ2n) is 4.43. The highest BCUT2D eigenvalue weighted by Gasteiger charge is 2.22. The lowest BCUT2D eigenvalue weighted by Crippen LogP contribution is -2.07. The SMILES string of the molecule is Nc1cc(-c2cccc(Cl)c2)nc(NC2CC2)n1. The minimum absolute atomic E-state index is 0.461. The molecule has 1 saturated carbocycles. The van der Waals surface area contributed by atoms with Crippen LogP contribution in [0.15, 0.2) is 30.3 Å². The Bertz CT molecular complexity index is 581. The van der Waals surface area contributed by atoms with E-state index in [4.69, 9.17) is 17.3 Å². The number of benzene rings is 1. The van der Waals surface area contributed by atoms with E-state index in [9.17, 15) is 0 Å². The summed E-state index contributed by atoms with van der Waals surface area (Å²) in [5.74, 6) is 1.05. The van der Waals surface area contributed by atoms with E-state index in [0.717, 1.165) is 11.3 Å². The van der Waals surface area contributed by atoms with Crippen LogP contribution in [0.1, 0.15) is 12.8 Å². The fourth-order valence-corrected chi connectivity index (χ4v) is 1.93. The Morgan fingerprint density at radius 1 is 1.22 bits per heavy atom. The molecule has 0 spiro atoms. The number of rotatable bonds is 3. The maximum atomic E-state index is 5.98. The van der Waals surface area contributed by atoms with Gasteiger partial charge in [-0.2, -0.15) is 4.98 Å². The van der Waals surface area contributed by atoms with Crippen molar-refractivity contribution in [2.75, 3.05) is 11.1 Å². The molecule has 1 aromatic carbocycles. The average Bonchev–Trinajstić information content (AvgIpc) is 3.12. The van der Waals surface area contributed by atoms with Crippen LogP contribution >= 0.6 is 11.6 Å². The van der Waals surface area contributed by atoms with Gasteiger partial charge in [0.25, 0.3) is 0 Å². The van der Waals surface area contributed by atoms with Crippen LogP contribution < -0.4 is 11.1 Å². The van der Waals surface area contributed by atoms with E-state index in [1.807, 2.05) is 24.3 Å². The standard InChI is InChI=1S/C13H13ClN4/c14-9-3-1-2-8(6-9)11-7-12(15)18-13(17-11)16-10-4-5-10/h1-3,6-7,10H,4-5H2,(H3,15,16,17,18). The number of nitrogens with one attached hydrogen (secondary N) is 1. The van der Waals surface area contributed by atoms with E-state index in [2.05, 4.69) is 15.3 Å². The fraction of sp³-hybridized carbons (Fsp3) is 0.231. The third-order valence-corrected chi connectivity index (χ3v) is 3.01. The van der Waals surface area contributed by atoms with E-state index in [0.29, 0.717) is 22.8 Å². The molecule has 0 radical (unpaired) electrons. The van der Waals surface area contributed by atoms with Gasteiger partial charge in [0, 0.05) is 22.7 Å². The van der Waals surface area contributed by atoms with Gasteiger partial charge in [-0.15, -0.1) is 0 Å². The molecule has 1 aromatic heterocycles. The van der Waals surface area contributed by atoms with Crippen LogP contribution in [-0.4, -0.2) is 16.0 Å². The van der Waals surface area contributed by atoms with Gasteiger partial charge in [0.05, 0.1) is 5.69 Å². The Labute approximate surface area is 110 Å². The highest BCUT2D eigenvalue weighted by atomic mass is 35.5. The van der Waals surface area contributed by atoms with Crippen molar-refractivity contribution >= 4 is 23.4 Å².